The van der Waals surface area contributed by atoms with Crippen LogP contribution in [0, 0.1) is 0 Å². The van der Waals surface area contributed by atoms with E-state index in [0.717, 1.165) is 29.9 Å². The summed E-state index contributed by atoms with van der Waals surface area (Å²) in [6.45, 7) is 0. The van der Waals surface area contributed by atoms with Gasteiger partial charge in [-0.1, -0.05) is 18.2 Å². The fourth-order valence-electron chi connectivity index (χ4n) is 2.22. The minimum absolute atomic E-state index is 0.0881. The van der Waals surface area contributed by atoms with E-state index in [4.69, 9.17) is 5.73 Å². The molecule has 1 radical (unpaired) electrons. The molecule has 4 heteroatoms. The molecule has 0 saturated carbocycles. The Morgan fingerprint density at radius 1 is 1.27 bits per heavy atom. The van der Waals surface area contributed by atoms with Gasteiger partial charge in [0.2, 0.25) is 0 Å². The Kier molecular flexibility index (Phi) is 1.74. The van der Waals surface area contributed by atoms with Crippen LogP contribution in [0.3, 0.4) is 0 Å². The number of rotatable bonds is 1. The number of hydrogen-bond donors (Lipinski definition) is 2. The molecule has 1 aromatic carbocycles. The quantitative estimate of drug-likeness (QED) is 0.636. The van der Waals surface area contributed by atoms with Crippen LogP contribution in [-0.4, -0.2) is 17.1 Å². The normalized spacial score (nSPS) is 17.3. The van der Waals surface area contributed by atoms with Crippen molar-refractivity contribution >= 4 is 12.9 Å². The van der Waals surface area contributed by atoms with Crippen LogP contribution in [0.4, 0.5) is 0 Å². The Bertz CT molecular complexity index is 521. The minimum Gasteiger partial charge on any atom is -0.450 e. The summed E-state index contributed by atoms with van der Waals surface area (Å²) < 4.78 is 2.03. The number of nitrogens with two attached hydrogens (primary N) is 1. The standard InChI is InChI=1S/C11H10BN2O/c13-10-7-3-1-4-8(12-15)11(7)14-6-2-5-9(10)14/h1-6,10,15H,13H2. The third-order valence-electron chi connectivity index (χ3n) is 2.91. The number of nitrogens with zero attached hydrogens (tertiary/aromatic N) is 1. The van der Waals surface area contributed by atoms with Crippen LogP contribution in [0.1, 0.15) is 17.3 Å². The Morgan fingerprint density at radius 2 is 2.13 bits per heavy atom. The van der Waals surface area contributed by atoms with Gasteiger partial charge in [-0.2, -0.15) is 0 Å². The summed E-state index contributed by atoms with van der Waals surface area (Å²) in [5, 5.41) is 9.17. The van der Waals surface area contributed by atoms with Crippen LogP contribution in [0.25, 0.3) is 5.69 Å². The fraction of sp³-hybridized carbons (Fsp3) is 0.0909. The number of fused-ring (bicyclic) bond motifs is 3. The molecule has 0 saturated heterocycles. The Balaban J connectivity index is 2.34. The molecular formula is C11H10BN2O. The lowest BCUT2D eigenvalue weighted by Gasteiger charge is -2.07. The van der Waals surface area contributed by atoms with Gasteiger partial charge in [-0.15, -0.1) is 0 Å². The second-order valence-electron chi connectivity index (χ2n) is 3.69. The summed E-state index contributed by atoms with van der Waals surface area (Å²) in [7, 11) is 1.13. The summed E-state index contributed by atoms with van der Waals surface area (Å²) in [4.78, 5) is 0. The van der Waals surface area contributed by atoms with Crippen LogP contribution in [0.5, 0.6) is 0 Å². The van der Waals surface area contributed by atoms with Crippen molar-refractivity contribution in [2.45, 2.75) is 6.04 Å². The first kappa shape index (κ1) is 8.77. The lowest BCUT2D eigenvalue weighted by Crippen LogP contribution is -2.19. The van der Waals surface area contributed by atoms with E-state index in [0.29, 0.717) is 0 Å². The maximum Gasteiger partial charge on any atom is 0.328 e. The van der Waals surface area contributed by atoms with E-state index >= 15 is 0 Å². The van der Waals surface area contributed by atoms with E-state index in [9.17, 15) is 5.02 Å². The molecule has 3 rings (SSSR count). The van der Waals surface area contributed by atoms with Crippen LogP contribution in [-0.2, 0) is 0 Å². The second kappa shape index (κ2) is 2.99. The zero-order chi connectivity index (χ0) is 10.4. The summed E-state index contributed by atoms with van der Waals surface area (Å²) in [5.74, 6) is 0. The van der Waals surface area contributed by atoms with Gasteiger partial charge < -0.3 is 15.3 Å². The van der Waals surface area contributed by atoms with Gasteiger partial charge >= 0.3 is 7.48 Å². The average Bonchev–Trinajstić information content (AvgIpc) is 2.83. The molecule has 1 unspecified atom stereocenters. The molecule has 15 heavy (non-hydrogen) atoms. The predicted octanol–water partition coefficient (Wildman–Crippen LogP) is 0.0756. The van der Waals surface area contributed by atoms with Gasteiger partial charge in [0.1, 0.15) is 0 Å². The lowest BCUT2D eigenvalue weighted by molar-refractivity contribution is 0.615. The Hall–Kier alpha value is -1.52. The third kappa shape index (κ3) is 1.03. The molecule has 0 amide bonds. The SMILES string of the molecule is NC1c2cccc([B]O)c2-n2cccc21. The molecule has 0 aliphatic carbocycles. The van der Waals surface area contributed by atoms with Gasteiger partial charge in [0.25, 0.3) is 0 Å². The largest absolute Gasteiger partial charge is 0.450 e. The molecule has 2 aromatic rings. The minimum atomic E-state index is -0.0881. The van der Waals surface area contributed by atoms with Gasteiger partial charge in [0, 0.05) is 17.6 Å². The van der Waals surface area contributed by atoms with E-state index in [1.165, 1.54) is 0 Å². The molecule has 0 spiro atoms. The van der Waals surface area contributed by atoms with Crippen molar-refractivity contribution in [1.29, 1.82) is 0 Å². The highest BCUT2D eigenvalue weighted by Crippen LogP contribution is 2.33. The van der Waals surface area contributed by atoms with Crippen LogP contribution in [0.2, 0.25) is 0 Å². The Labute approximate surface area is 88.4 Å². The van der Waals surface area contributed by atoms with Crippen molar-refractivity contribution in [1.82, 2.24) is 4.57 Å². The molecule has 3 nitrogen and oxygen atoms in total. The smallest absolute Gasteiger partial charge is 0.328 e. The van der Waals surface area contributed by atoms with Crippen molar-refractivity contribution in [2.75, 3.05) is 0 Å². The molecule has 3 N–H and O–H groups in total. The van der Waals surface area contributed by atoms with Crippen molar-refractivity contribution in [3.63, 3.8) is 0 Å². The first-order valence-corrected chi connectivity index (χ1v) is 4.86. The van der Waals surface area contributed by atoms with Crippen molar-refractivity contribution < 1.29 is 5.02 Å². The number of aromatic nitrogens is 1. The first-order chi connectivity index (χ1) is 7.33. The van der Waals surface area contributed by atoms with Crippen LogP contribution < -0.4 is 11.2 Å². The lowest BCUT2D eigenvalue weighted by atomic mass is 9.85. The molecular weight excluding hydrogens is 187 g/mol. The molecule has 0 fully saturated rings. The summed E-state index contributed by atoms with van der Waals surface area (Å²) in [5.41, 5.74) is 10.0. The Morgan fingerprint density at radius 3 is 2.93 bits per heavy atom. The number of benzene rings is 1. The van der Waals surface area contributed by atoms with Gasteiger partial charge in [0.05, 0.1) is 6.04 Å². The molecule has 0 bridgehead atoms. The highest BCUT2D eigenvalue weighted by Gasteiger charge is 2.26. The van der Waals surface area contributed by atoms with E-state index in [1.54, 1.807) is 0 Å². The van der Waals surface area contributed by atoms with Crippen molar-refractivity contribution in [3.05, 3.63) is 47.8 Å². The monoisotopic (exact) mass is 197 g/mol. The molecule has 73 valence electrons. The van der Waals surface area contributed by atoms with E-state index in [1.807, 2.05) is 41.1 Å². The van der Waals surface area contributed by atoms with E-state index in [-0.39, 0.29) is 6.04 Å². The summed E-state index contributed by atoms with van der Waals surface area (Å²) in [6, 6.07) is 9.67. The molecule has 1 atom stereocenters. The summed E-state index contributed by atoms with van der Waals surface area (Å²) in [6.07, 6.45) is 1.97. The highest BCUT2D eigenvalue weighted by atomic mass is 16.2. The third-order valence-corrected chi connectivity index (χ3v) is 2.91. The topological polar surface area (TPSA) is 51.2 Å². The number of hydrogen-bond acceptors (Lipinski definition) is 2. The van der Waals surface area contributed by atoms with Gasteiger partial charge in [-0.25, -0.2) is 0 Å². The summed E-state index contributed by atoms with van der Waals surface area (Å²) >= 11 is 0. The molecule has 2 heterocycles. The zero-order valence-corrected chi connectivity index (χ0v) is 8.09. The maximum atomic E-state index is 9.17. The molecule has 1 aliphatic rings. The van der Waals surface area contributed by atoms with Crippen LogP contribution >= 0.6 is 0 Å². The van der Waals surface area contributed by atoms with Crippen LogP contribution in [0.15, 0.2) is 36.5 Å². The zero-order valence-electron chi connectivity index (χ0n) is 8.09. The van der Waals surface area contributed by atoms with Gasteiger partial charge in [-0.3, -0.25) is 0 Å². The van der Waals surface area contributed by atoms with Crippen molar-refractivity contribution in [3.8, 4) is 5.69 Å². The van der Waals surface area contributed by atoms with E-state index in [2.05, 4.69) is 0 Å². The second-order valence-corrected chi connectivity index (χ2v) is 3.69. The molecule has 1 aliphatic heterocycles. The maximum absolute atomic E-state index is 9.17. The first-order valence-electron chi connectivity index (χ1n) is 4.86. The average molecular weight is 197 g/mol. The van der Waals surface area contributed by atoms with Crippen molar-refractivity contribution in [2.24, 2.45) is 5.73 Å². The van der Waals surface area contributed by atoms with Gasteiger partial charge in [0.15, 0.2) is 0 Å². The van der Waals surface area contributed by atoms with Gasteiger partial charge in [-0.05, 0) is 23.2 Å². The molecule has 1 aromatic heterocycles. The van der Waals surface area contributed by atoms with E-state index < -0.39 is 0 Å². The fourth-order valence-corrected chi connectivity index (χ4v) is 2.22. The predicted molar refractivity (Wildman–Crippen MR) is 59.4 cm³/mol. The number of para-hydroxylation sites is 1. The highest BCUT2D eigenvalue weighted by molar-refractivity contribution is 6.47.